The highest BCUT2D eigenvalue weighted by Crippen LogP contribution is 2.54. The molecule has 3 heterocycles. The third-order valence-electron chi connectivity index (χ3n) is 9.01. The molecule has 2 amide bonds. The predicted octanol–water partition coefficient (Wildman–Crippen LogP) is 2.71. The van der Waals surface area contributed by atoms with Crippen LogP contribution in [0.25, 0.3) is 0 Å². The first-order valence-corrected chi connectivity index (χ1v) is 12.9. The van der Waals surface area contributed by atoms with Gasteiger partial charge in [-0.25, -0.2) is 0 Å². The summed E-state index contributed by atoms with van der Waals surface area (Å²) in [6.07, 6.45) is 8.67. The molecule has 3 saturated heterocycles. The van der Waals surface area contributed by atoms with Crippen LogP contribution in [0.5, 0.6) is 0 Å². The lowest BCUT2D eigenvalue weighted by Gasteiger charge is -2.52. The molecule has 174 valence electrons. The van der Waals surface area contributed by atoms with Crippen LogP contribution in [0.3, 0.4) is 0 Å². The van der Waals surface area contributed by atoms with Crippen molar-refractivity contribution in [2.75, 3.05) is 13.1 Å². The molecule has 0 aromatic heterocycles. The summed E-state index contributed by atoms with van der Waals surface area (Å²) < 4.78 is 6.27. The standard InChI is InChI=1S/C25H41N3O3/c1-14(2)13-27-24(29)15(3)31-16-8-9-21-20(12-16)18-10-11-26-22-17-6-4-5-7-19(17)25(30)28(21)23(18)22/h14-23,26H,4-13H2,1-3H3,(H,27,29). The summed E-state index contributed by atoms with van der Waals surface area (Å²) in [6, 6.07) is 1.27. The summed E-state index contributed by atoms with van der Waals surface area (Å²) in [6.45, 7) is 7.87. The van der Waals surface area contributed by atoms with Crippen LogP contribution in [-0.2, 0) is 14.3 Å². The highest BCUT2D eigenvalue weighted by Gasteiger charge is 2.61. The van der Waals surface area contributed by atoms with Crippen molar-refractivity contribution in [2.45, 2.75) is 102 Å². The molecule has 0 aromatic carbocycles. The Morgan fingerprint density at radius 2 is 1.90 bits per heavy atom. The Bertz CT molecular complexity index is 697. The molecule has 0 aromatic rings. The number of hydrogen-bond donors (Lipinski definition) is 2. The lowest BCUT2D eigenvalue weighted by molar-refractivity contribution is -0.152. The summed E-state index contributed by atoms with van der Waals surface area (Å²) in [5.41, 5.74) is 0. The number of piperidine rings is 2. The summed E-state index contributed by atoms with van der Waals surface area (Å²) in [5, 5.41) is 6.86. The molecule has 5 fully saturated rings. The molecule has 2 N–H and O–H groups in total. The molecule has 3 aliphatic heterocycles. The number of amides is 2. The number of nitrogens with zero attached hydrogens (tertiary/aromatic N) is 1. The van der Waals surface area contributed by atoms with Crippen LogP contribution >= 0.6 is 0 Å². The van der Waals surface area contributed by atoms with Crippen molar-refractivity contribution in [1.29, 1.82) is 0 Å². The maximum absolute atomic E-state index is 13.6. The zero-order chi connectivity index (χ0) is 21.7. The summed E-state index contributed by atoms with van der Waals surface area (Å²) >= 11 is 0. The Labute approximate surface area is 187 Å². The van der Waals surface area contributed by atoms with Crippen molar-refractivity contribution in [3.63, 3.8) is 0 Å². The Morgan fingerprint density at radius 1 is 1.10 bits per heavy atom. The number of carbonyl (C=O) groups is 2. The first-order valence-electron chi connectivity index (χ1n) is 12.9. The van der Waals surface area contributed by atoms with Gasteiger partial charge in [0.2, 0.25) is 11.8 Å². The molecule has 5 rings (SSSR count). The smallest absolute Gasteiger partial charge is 0.248 e. The van der Waals surface area contributed by atoms with Crippen LogP contribution in [-0.4, -0.2) is 60.1 Å². The van der Waals surface area contributed by atoms with Crippen LogP contribution in [0.15, 0.2) is 0 Å². The van der Waals surface area contributed by atoms with Gasteiger partial charge in [-0.2, -0.15) is 0 Å². The van der Waals surface area contributed by atoms with E-state index in [1.54, 1.807) is 0 Å². The van der Waals surface area contributed by atoms with Gasteiger partial charge in [0.05, 0.1) is 12.1 Å². The zero-order valence-electron chi connectivity index (χ0n) is 19.5. The van der Waals surface area contributed by atoms with Gasteiger partial charge in [0.1, 0.15) is 6.10 Å². The minimum Gasteiger partial charge on any atom is -0.365 e. The molecule has 31 heavy (non-hydrogen) atoms. The fourth-order valence-corrected chi connectivity index (χ4v) is 7.72. The second kappa shape index (κ2) is 8.66. The van der Waals surface area contributed by atoms with E-state index in [0.717, 1.165) is 32.2 Å². The van der Waals surface area contributed by atoms with E-state index in [9.17, 15) is 9.59 Å². The highest BCUT2D eigenvalue weighted by atomic mass is 16.5. The molecule has 0 bridgehead atoms. The number of fused-ring (bicyclic) bond motifs is 5. The molecule has 2 saturated carbocycles. The van der Waals surface area contributed by atoms with Crippen molar-refractivity contribution in [3.8, 4) is 0 Å². The molecule has 0 radical (unpaired) electrons. The average Bonchev–Trinajstić information content (AvgIpc) is 3.10. The summed E-state index contributed by atoms with van der Waals surface area (Å²) in [5.74, 6) is 2.83. The minimum atomic E-state index is -0.408. The Balaban J connectivity index is 1.28. The summed E-state index contributed by atoms with van der Waals surface area (Å²) in [4.78, 5) is 28.4. The van der Waals surface area contributed by atoms with Gasteiger partial charge >= 0.3 is 0 Å². The van der Waals surface area contributed by atoms with Gasteiger partial charge < -0.3 is 20.3 Å². The van der Waals surface area contributed by atoms with Gasteiger partial charge in [0.25, 0.3) is 0 Å². The zero-order valence-corrected chi connectivity index (χ0v) is 19.5. The maximum atomic E-state index is 13.6. The van der Waals surface area contributed by atoms with Crippen LogP contribution in [0.4, 0.5) is 0 Å². The van der Waals surface area contributed by atoms with E-state index in [1.165, 1.54) is 25.7 Å². The normalized spacial score (nSPS) is 42.6. The van der Waals surface area contributed by atoms with E-state index < -0.39 is 6.10 Å². The SMILES string of the molecule is CC(C)CNC(=O)C(C)OC1CCC2C(C1)C1CCNC3C4CCCCC4C(=O)N2C13. The first-order chi connectivity index (χ1) is 15.0. The largest absolute Gasteiger partial charge is 0.365 e. The second-order valence-corrected chi connectivity index (χ2v) is 11.3. The predicted molar refractivity (Wildman–Crippen MR) is 119 cm³/mol. The molecule has 2 aliphatic carbocycles. The molecule has 6 nitrogen and oxygen atoms in total. The lowest BCUT2D eigenvalue weighted by atomic mass is 9.66. The van der Waals surface area contributed by atoms with Crippen LogP contribution < -0.4 is 10.6 Å². The van der Waals surface area contributed by atoms with E-state index in [4.69, 9.17) is 4.74 Å². The lowest BCUT2D eigenvalue weighted by Crippen LogP contribution is -2.66. The highest BCUT2D eigenvalue weighted by molar-refractivity contribution is 5.82. The maximum Gasteiger partial charge on any atom is 0.248 e. The van der Waals surface area contributed by atoms with Gasteiger partial charge in [-0.3, -0.25) is 9.59 Å². The van der Waals surface area contributed by atoms with Gasteiger partial charge in [-0.05, 0) is 75.7 Å². The van der Waals surface area contributed by atoms with Gasteiger partial charge in [-0.1, -0.05) is 26.7 Å². The van der Waals surface area contributed by atoms with E-state index >= 15 is 0 Å². The van der Waals surface area contributed by atoms with Crippen LogP contribution in [0.2, 0.25) is 0 Å². The molecule has 5 aliphatic rings. The van der Waals surface area contributed by atoms with Crippen molar-refractivity contribution in [3.05, 3.63) is 0 Å². The van der Waals surface area contributed by atoms with Crippen molar-refractivity contribution < 1.29 is 14.3 Å². The Morgan fingerprint density at radius 3 is 2.71 bits per heavy atom. The van der Waals surface area contributed by atoms with Crippen molar-refractivity contribution in [2.24, 2.45) is 29.6 Å². The molecule has 9 unspecified atom stereocenters. The van der Waals surface area contributed by atoms with Crippen molar-refractivity contribution >= 4 is 11.8 Å². The Hall–Kier alpha value is -1.14. The van der Waals surface area contributed by atoms with Gasteiger partial charge in [0.15, 0.2) is 0 Å². The third-order valence-corrected chi connectivity index (χ3v) is 9.01. The first kappa shape index (κ1) is 21.7. The molecular weight excluding hydrogens is 390 g/mol. The van der Waals surface area contributed by atoms with Gasteiger partial charge in [0, 0.05) is 24.5 Å². The molecule has 6 heteroatoms. The summed E-state index contributed by atoms with van der Waals surface area (Å²) in [7, 11) is 0. The number of ether oxygens (including phenoxy) is 1. The van der Waals surface area contributed by atoms with E-state index in [0.29, 0.717) is 54.2 Å². The van der Waals surface area contributed by atoms with Gasteiger partial charge in [-0.15, -0.1) is 0 Å². The quantitative estimate of drug-likeness (QED) is 0.702. The minimum absolute atomic E-state index is 0.000785. The molecule has 0 spiro atoms. The topological polar surface area (TPSA) is 70.7 Å². The molecular formula is C25H41N3O3. The van der Waals surface area contributed by atoms with E-state index in [2.05, 4.69) is 29.4 Å². The molecule has 9 atom stereocenters. The van der Waals surface area contributed by atoms with E-state index in [-0.39, 0.29) is 17.9 Å². The average molecular weight is 432 g/mol. The number of rotatable bonds is 5. The van der Waals surface area contributed by atoms with E-state index in [1.807, 2.05) is 6.92 Å². The second-order valence-electron chi connectivity index (χ2n) is 11.3. The van der Waals surface area contributed by atoms with Crippen molar-refractivity contribution in [1.82, 2.24) is 15.5 Å². The number of carbonyl (C=O) groups excluding carboxylic acids is 2. The van der Waals surface area contributed by atoms with Crippen LogP contribution in [0, 0.1) is 29.6 Å². The third kappa shape index (κ3) is 3.82. The Kier molecular flexibility index (Phi) is 6.06. The fraction of sp³-hybridized carbons (Fsp3) is 0.920. The fourth-order valence-electron chi connectivity index (χ4n) is 7.72. The van der Waals surface area contributed by atoms with Crippen LogP contribution in [0.1, 0.15) is 72.1 Å². The monoisotopic (exact) mass is 431 g/mol. The number of nitrogens with one attached hydrogen (secondary N) is 2. The number of hydrogen-bond acceptors (Lipinski definition) is 4.